The average molecular weight is 315 g/mol. The Bertz CT molecular complexity index is 483. The van der Waals surface area contributed by atoms with Crippen LogP contribution in [0.2, 0.25) is 5.02 Å². The number of benzene rings is 1. The van der Waals surface area contributed by atoms with Crippen LogP contribution in [-0.2, 0) is 4.79 Å². The summed E-state index contributed by atoms with van der Waals surface area (Å²) in [5, 5.41) is 0.758. The normalized spacial score (nSPS) is 16.4. The Labute approximate surface area is 130 Å². The van der Waals surface area contributed by atoms with E-state index in [4.69, 9.17) is 23.2 Å². The lowest BCUT2D eigenvalue weighted by Gasteiger charge is -2.39. The van der Waals surface area contributed by atoms with E-state index in [9.17, 15) is 4.79 Å². The van der Waals surface area contributed by atoms with Gasteiger partial charge in [0.15, 0.2) is 0 Å². The fourth-order valence-electron chi connectivity index (χ4n) is 2.34. The molecular formula is C15H20Cl2N2O. The number of rotatable bonds is 3. The van der Waals surface area contributed by atoms with Crippen molar-refractivity contribution in [2.24, 2.45) is 5.41 Å². The number of alkyl halides is 1. The van der Waals surface area contributed by atoms with E-state index in [0.717, 1.165) is 23.8 Å². The molecule has 0 radical (unpaired) electrons. The van der Waals surface area contributed by atoms with Crippen LogP contribution in [0.5, 0.6) is 0 Å². The molecule has 0 N–H and O–H groups in total. The van der Waals surface area contributed by atoms with E-state index in [0.29, 0.717) is 19.0 Å². The first-order chi connectivity index (χ1) is 9.45. The van der Waals surface area contributed by atoms with Gasteiger partial charge in [-0.05, 0) is 26.0 Å². The number of anilines is 1. The van der Waals surface area contributed by atoms with Gasteiger partial charge in [-0.25, -0.2) is 0 Å². The molecule has 0 atom stereocenters. The maximum atomic E-state index is 12.4. The predicted octanol–water partition coefficient (Wildman–Crippen LogP) is 3.25. The largest absolute Gasteiger partial charge is 0.367 e. The first-order valence-corrected chi connectivity index (χ1v) is 7.72. The molecule has 1 aromatic rings. The van der Waals surface area contributed by atoms with Crippen LogP contribution in [0, 0.1) is 5.41 Å². The Morgan fingerprint density at radius 2 is 1.80 bits per heavy atom. The number of carbonyl (C=O) groups excluding carboxylic acids is 1. The molecule has 2 rings (SSSR count). The van der Waals surface area contributed by atoms with Gasteiger partial charge < -0.3 is 9.80 Å². The lowest BCUT2D eigenvalue weighted by atomic mass is 9.94. The minimum absolute atomic E-state index is 0.131. The van der Waals surface area contributed by atoms with Crippen molar-refractivity contribution in [1.29, 1.82) is 0 Å². The number of hydrogen-bond acceptors (Lipinski definition) is 2. The molecule has 0 spiro atoms. The van der Waals surface area contributed by atoms with E-state index in [2.05, 4.69) is 4.90 Å². The summed E-state index contributed by atoms with van der Waals surface area (Å²) in [5.41, 5.74) is 0.548. The Morgan fingerprint density at radius 3 is 2.35 bits per heavy atom. The smallest absolute Gasteiger partial charge is 0.229 e. The quantitative estimate of drug-likeness (QED) is 0.800. The van der Waals surface area contributed by atoms with Crippen molar-refractivity contribution in [2.75, 3.05) is 37.0 Å². The fourth-order valence-corrected chi connectivity index (χ4v) is 2.71. The summed E-state index contributed by atoms with van der Waals surface area (Å²) >= 11 is 12.1. The summed E-state index contributed by atoms with van der Waals surface area (Å²) in [6.07, 6.45) is 0. The van der Waals surface area contributed by atoms with Crippen LogP contribution < -0.4 is 4.90 Å². The molecule has 1 aliphatic heterocycles. The highest BCUT2D eigenvalue weighted by molar-refractivity contribution is 6.33. The van der Waals surface area contributed by atoms with Crippen LogP contribution in [0.3, 0.4) is 0 Å². The Morgan fingerprint density at radius 1 is 1.20 bits per heavy atom. The van der Waals surface area contributed by atoms with Gasteiger partial charge in [-0.15, -0.1) is 11.6 Å². The van der Waals surface area contributed by atoms with Crippen molar-refractivity contribution in [3.8, 4) is 0 Å². The van der Waals surface area contributed by atoms with Gasteiger partial charge >= 0.3 is 0 Å². The van der Waals surface area contributed by atoms with Gasteiger partial charge in [0.05, 0.1) is 16.1 Å². The van der Waals surface area contributed by atoms with Crippen LogP contribution in [0.25, 0.3) is 0 Å². The second-order valence-corrected chi connectivity index (χ2v) is 6.42. The van der Waals surface area contributed by atoms with E-state index in [1.54, 1.807) is 0 Å². The summed E-state index contributed by atoms with van der Waals surface area (Å²) < 4.78 is 0. The third-order valence-corrected chi connectivity index (χ3v) is 4.66. The Hall–Kier alpha value is -0.930. The molecular weight excluding hydrogens is 295 g/mol. The van der Waals surface area contributed by atoms with Crippen LogP contribution in [0.15, 0.2) is 24.3 Å². The van der Waals surface area contributed by atoms with Crippen LogP contribution in [-0.4, -0.2) is 42.9 Å². The number of carbonyl (C=O) groups is 1. The standard InChI is InChI=1S/C15H20Cl2N2O/c1-15(2,11-16)14(20)19-9-7-18(8-10-19)13-6-4-3-5-12(13)17/h3-6H,7-11H2,1-2H3. The van der Waals surface area contributed by atoms with Gasteiger partial charge in [0.1, 0.15) is 0 Å². The molecule has 0 bridgehead atoms. The Balaban J connectivity index is 2.00. The van der Waals surface area contributed by atoms with E-state index in [1.807, 2.05) is 43.0 Å². The van der Waals surface area contributed by atoms with Crippen molar-refractivity contribution in [2.45, 2.75) is 13.8 Å². The molecule has 1 fully saturated rings. The van der Waals surface area contributed by atoms with E-state index in [-0.39, 0.29) is 5.91 Å². The van der Waals surface area contributed by atoms with Gasteiger partial charge in [0, 0.05) is 32.1 Å². The summed E-state index contributed by atoms with van der Waals surface area (Å²) in [4.78, 5) is 16.5. The van der Waals surface area contributed by atoms with Crippen molar-refractivity contribution >= 4 is 34.8 Å². The van der Waals surface area contributed by atoms with Gasteiger partial charge in [-0.2, -0.15) is 0 Å². The van der Waals surface area contributed by atoms with E-state index >= 15 is 0 Å². The van der Waals surface area contributed by atoms with Gasteiger partial charge in [0.2, 0.25) is 5.91 Å². The molecule has 0 unspecified atom stereocenters. The van der Waals surface area contributed by atoms with Gasteiger partial charge in [0.25, 0.3) is 0 Å². The summed E-state index contributed by atoms with van der Waals surface area (Å²) in [5.74, 6) is 0.475. The SMILES string of the molecule is CC(C)(CCl)C(=O)N1CCN(c2ccccc2Cl)CC1. The topological polar surface area (TPSA) is 23.6 Å². The van der Waals surface area contributed by atoms with Crippen molar-refractivity contribution < 1.29 is 4.79 Å². The number of hydrogen-bond donors (Lipinski definition) is 0. The van der Waals surface area contributed by atoms with E-state index < -0.39 is 5.41 Å². The first kappa shape index (κ1) is 15.5. The van der Waals surface area contributed by atoms with Crippen molar-refractivity contribution in [1.82, 2.24) is 4.90 Å². The summed E-state index contributed by atoms with van der Waals surface area (Å²) in [6, 6.07) is 7.82. The van der Waals surface area contributed by atoms with Crippen molar-refractivity contribution in [3.63, 3.8) is 0 Å². The molecule has 1 saturated heterocycles. The second kappa shape index (κ2) is 6.23. The third-order valence-electron chi connectivity index (χ3n) is 3.67. The highest BCUT2D eigenvalue weighted by atomic mass is 35.5. The molecule has 0 aromatic heterocycles. The molecule has 110 valence electrons. The third kappa shape index (κ3) is 3.21. The molecule has 20 heavy (non-hydrogen) atoms. The predicted molar refractivity (Wildman–Crippen MR) is 84.7 cm³/mol. The number of piperazine rings is 1. The number of para-hydroxylation sites is 1. The van der Waals surface area contributed by atoms with Crippen LogP contribution in [0.1, 0.15) is 13.8 Å². The molecule has 1 aliphatic rings. The molecule has 1 aromatic carbocycles. The lowest BCUT2D eigenvalue weighted by Crippen LogP contribution is -2.52. The van der Waals surface area contributed by atoms with Gasteiger partial charge in [-0.3, -0.25) is 4.79 Å². The summed E-state index contributed by atoms with van der Waals surface area (Å²) in [7, 11) is 0. The Kier molecular flexibility index (Phi) is 4.82. The highest BCUT2D eigenvalue weighted by Crippen LogP contribution is 2.27. The molecule has 0 saturated carbocycles. The number of nitrogens with zero attached hydrogens (tertiary/aromatic N) is 2. The molecule has 1 amide bonds. The zero-order chi connectivity index (χ0) is 14.8. The molecule has 1 heterocycles. The number of halogens is 2. The minimum Gasteiger partial charge on any atom is -0.367 e. The fraction of sp³-hybridized carbons (Fsp3) is 0.533. The highest BCUT2D eigenvalue weighted by Gasteiger charge is 2.33. The first-order valence-electron chi connectivity index (χ1n) is 6.80. The monoisotopic (exact) mass is 314 g/mol. The maximum Gasteiger partial charge on any atom is 0.229 e. The average Bonchev–Trinajstić information content (AvgIpc) is 2.47. The summed E-state index contributed by atoms with van der Waals surface area (Å²) in [6.45, 7) is 6.81. The minimum atomic E-state index is -0.492. The van der Waals surface area contributed by atoms with E-state index in [1.165, 1.54) is 0 Å². The van der Waals surface area contributed by atoms with Gasteiger partial charge in [-0.1, -0.05) is 23.7 Å². The molecule has 0 aliphatic carbocycles. The second-order valence-electron chi connectivity index (χ2n) is 5.75. The lowest BCUT2D eigenvalue weighted by molar-refractivity contribution is -0.139. The zero-order valence-electron chi connectivity index (χ0n) is 11.9. The van der Waals surface area contributed by atoms with Crippen LogP contribution in [0.4, 0.5) is 5.69 Å². The number of amides is 1. The maximum absolute atomic E-state index is 12.4. The van der Waals surface area contributed by atoms with Crippen molar-refractivity contribution in [3.05, 3.63) is 29.3 Å². The zero-order valence-corrected chi connectivity index (χ0v) is 13.4. The molecule has 3 nitrogen and oxygen atoms in total. The molecule has 5 heteroatoms. The van der Waals surface area contributed by atoms with Crippen LogP contribution >= 0.6 is 23.2 Å².